The van der Waals surface area contributed by atoms with E-state index in [9.17, 15) is 4.79 Å². The third-order valence-corrected chi connectivity index (χ3v) is 3.69. The van der Waals surface area contributed by atoms with Crippen LogP contribution in [-0.4, -0.2) is 49.2 Å². The summed E-state index contributed by atoms with van der Waals surface area (Å²) in [6.07, 6.45) is 4.50. The molecule has 0 aromatic heterocycles. The van der Waals surface area contributed by atoms with E-state index >= 15 is 0 Å². The first kappa shape index (κ1) is 11.9. The Kier molecular flexibility index (Phi) is 3.50. The van der Waals surface area contributed by atoms with Gasteiger partial charge in [0.15, 0.2) is 0 Å². The molecule has 92 valence electrons. The molecule has 16 heavy (non-hydrogen) atoms. The summed E-state index contributed by atoms with van der Waals surface area (Å²) in [5.41, 5.74) is -0.340. The second kappa shape index (κ2) is 4.72. The SMILES string of the molecule is CN(CC1CCCO1)C(=O)C1(C)CCCN1. The van der Waals surface area contributed by atoms with E-state index in [0.29, 0.717) is 0 Å². The average molecular weight is 226 g/mol. The number of carbonyl (C=O) groups is 1. The third-order valence-electron chi connectivity index (χ3n) is 3.69. The van der Waals surface area contributed by atoms with Gasteiger partial charge in [0, 0.05) is 20.2 Å². The summed E-state index contributed by atoms with van der Waals surface area (Å²) in [7, 11) is 1.88. The van der Waals surface area contributed by atoms with Crippen LogP contribution in [-0.2, 0) is 9.53 Å². The van der Waals surface area contributed by atoms with Gasteiger partial charge in [-0.2, -0.15) is 0 Å². The second-order valence-corrected chi connectivity index (χ2v) is 5.18. The van der Waals surface area contributed by atoms with E-state index in [0.717, 1.165) is 45.4 Å². The molecule has 0 aliphatic carbocycles. The fourth-order valence-corrected chi connectivity index (χ4v) is 2.68. The van der Waals surface area contributed by atoms with Crippen LogP contribution < -0.4 is 5.32 Å². The van der Waals surface area contributed by atoms with E-state index in [1.54, 1.807) is 0 Å². The topological polar surface area (TPSA) is 41.6 Å². The highest BCUT2D eigenvalue weighted by molar-refractivity contribution is 5.86. The first-order valence-corrected chi connectivity index (χ1v) is 6.24. The molecular weight excluding hydrogens is 204 g/mol. The maximum Gasteiger partial charge on any atom is 0.242 e. The number of carbonyl (C=O) groups excluding carboxylic acids is 1. The van der Waals surface area contributed by atoms with Crippen molar-refractivity contribution in [3.05, 3.63) is 0 Å². The molecular formula is C12H22N2O2. The van der Waals surface area contributed by atoms with Crippen LogP contribution in [0.25, 0.3) is 0 Å². The lowest BCUT2D eigenvalue weighted by molar-refractivity contribution is -0.137. The molecule has 2 saturated heterocycles. The van der Waals surface area contributed by atoms with Crippen LogP contribution in [0.1, 0.15) is 32.6 Å². The molecule has 1 amide bonds. The Balaban J connectivity index is 1.88. The van der Waals surface area contributed by atoms with Crippen molar-refractivity contribution in [2.24, 2.45) is 0 Å². The van der Waals surface area contributed by atoms with E-state index in [2.05, 4.69) is 5.32 Å². The number of hydrogen-bond acceptors (Lipinski definition) is 3. The Morgan fingerprint density at radius 3 is 2.94 bits per heavy atom. The monoisotopic (exact) mass is 226 g/mol. The van der Waals surface area contributed by atoms with Crippen molar-refractivity contribution in [1.29, 1.82) is 0 Å². The zero-order valence-corrected chi connectivity index (χ0v) is 10.3. The first-order chi connectivity index (χ1) is 7.62. The summed E-state index contributed by atoms with van der Waals surface area (Å²) in [6, 6.07) is 0. The standard InChI is InChI=1S/C12H22N2O2/c1-12(6-4-7-13-12)11(15)14(2)9-10-5-3-8-16-10/h10,13H,3-9H2,1-2H3. The van der Waals surface area contributed by atoms with E-state index < -0.39 is 0 Å². The predicted molar refractivity (Wildman–Crippen MR) is 62.3 cm³/mol. The highest BCUT2D eigenvalue weighted by atomic mass is 16.5. The van der Waals surface area contributed by atoms with Gasteiger partial charge in [-0.3, -0.25) is 4.79 Å². The Morgan fingerprint density at radius 2 is 2.38 bits per heavy atom. The summed E-state index contributed by atoms with van der Waals surface area (Å²) in [5.74, 6) is 0.209. The lowest BCUT2D eigenvalue weighted by Crippen LogP contribution is -2.53. The summed E-state index contributed by atoms with van der Waals surface area (Å²) in [4.78, 5) is 14.1. The number of nitrogens with zero attached hydrogens (tertiary/aromatic N) is 1. The molecule has 0 radical (unpaired) electrons. The third kappa shape index (κ3) is 2.38. The second-order valence-electron chi connectivity index (χ2n) is 5.18. The minimum atomic E-state index is -0.340. The molecule has 0 aromatic rings. The molecule has 0 spiro atoms. The molecule has 2 rings (SSSR count). The molecule has 2 aliphatic heterocycles. The fourth-order valence-electron chi connectivity index (χ4n) is 2.68. The summed E-state index contributed by atoms with van der Waals surface area (Å²) in [5, 5.41) is 3.31. The number of ether oxygens (including phenoxy) is 1. The van der Waals surface area contributed by atoms with Crippen molar-refractivity contribution in [2.45, 2.75) is 44.2 Å². The quantitative estimate of drug-likeness (QED) is 0.772. The minimum absolute atomic E-state index is 0.209. The number of nitrogens with one attached hydrogen (secondary N) is 1. The van der Waals surface area contributed by atoms with Gasteiger partial charge in [-0.1, -0.05) is 0 Å². The van der Waals surface area contributed by atoms with E-state index in [4.69, 9.17) is 4.74 Å². The highest BCUT2D eigenvalue weighted by Gasteiger charge is 2.38. The van der Waals surface area contributed by atoms with Crippen molar-refractivity contribution in [3.8, 4) is 0 Å². The van der Waals surface area contributed by atoms with Crippen molar-refractivity contribution in [2.75, 3.05) is 26.7 Å². The molecule has 2 aliphatic rings. The number of rotatable bonds is 3. The van der Waals surface area contributed by atoms with Gasteiger partial charge >= 0.3 is 0 Å². The maximum absolute atomic E-state index is 12.3. The van der Waals surface area contributed by atoms with Crippen LogP contribution in [0.3, 0.4) is 0 Å². The van der Waals surface area contributed by atoms with Crippen LogP contribution in [0.15, 0.2) is 0 Å². The maximum atomic E-state index is 12.3. The number of amides is 1. The Bertz CT molecular complexity index is 256. The zero-order valence-electron chi connectivity index (χ0n) is 10.3. The van der Waals surface area contributed by atoms with Crippen molar-refractivity contribution in [3.63, 3.8) is 0 Å². The molecule has 0 aromatic carbocycles. The molecule has 0 saturated carbocycles. The Labute approximate surface area is 97.3 Å². The summed E-state index contributed by atoms with van der Waals surface area (Å²) >= 11 is 0. The molecule has 2 unspecified atom stereocenters. The van der Waals surface area contributed by atoms with Crippen LogP contribution in [0, 0.1) is 0 Å². The van der Waals surface area contributed by atoms with Crippen molar-refractivity contribution >= 4 is 5.91 Å². The van der Waals surface area contributed by atoms with E-state index in [1.807, 2.05) is 18.9 Å². The molecule has 4 heteroatoms. The van der Waals surface area contributed by atoms with E-state index in [1.165, 1.54) is 0 Å². The largest absolute Gasteiger partial charge is 0.376 e. The highest BCUT2D eigenvalue weighted by Crippen LogP contribution is 2.22. The van der Waals surface area contributed by atoms with Gasteiger partial charge in [0.25, 0.3) is 0 Å². The summed E-state index contributed by atoms with van der Waals surface area (Å²) < 4.78 is 5.56. The fraction of sp³-hybridized carbons (Fsp3) is 0.917. The predicted octanol–water partition coefficient (Wildman–Crippen LogP) is 0.766. The number of hydrogen-bond donors (Lipinski definition) is 1. The van der Waals surface area contributed by atoms with E-state index in [-0.39, 0.29) is 17.6 Å². The van der Waals surface area contributed by atoms with Crippen molar-refractivity contribution in [1.82, 2.24) is 10.2 Å². The lowest BCUT2D eigenvalue weighted by Gasteiger charge is -2.30. The van der Waals surface area contributed by atoms with Crippen LogP contribution >= 0.6 is 0 Å². The summed E-state index contributed by atoms with van der Waals surface area (Å²) in [6.45, 7) is 4.54. The van der Waals surface area contributed by atoms with Gasteiger partial charge in [-0.05, 0) is 39.2 Å². The van der Waals surface area contributed by atoms with Gasteiger partial charge in [0.2, 0.25) is 5.91 Å². The molecule has 1 N–H and O–H groups in total. The Hall–Kier alpha value is -0.610. The van der Waals surface area contributed by atoms with Crippen LogP contribution in [0.2, 0.25) is 0 Å². The minimum Gasteiger partial charge on any atom is -0.376 e. The molecule has 0 bridgehead atoms. The van der Waals surface area contributed by atoms with Gasteiger partial charge < -0.3 is 15.0 Å². The first-order valence-electron chi connectivity index (χ1n) is 6.24. The lowest BCUT2D eigenvalue weighted by atomic mass is 9.98. The normalized spacial score (nSPS) is 34.2. The van der Waals surface area contributed by atoms with Gasteiger partial charge in [-0.25, -0.2) is 0 Å². The van der Waals surface area contributed by atoms with Crippen molar-refractivity contribution < 1.29 is 9.53 Å². The van der Waals surface area contributed by atoms with Gasteiger partial charge in [0.1, 0.15) is 0 Å². The molecule has 2 atom stereocenters. The smallest absolute Gasteiger partial charge is 0.242 e. The Morgan fingerprint density at radius 1 is 1.56 bits per heavy atom. The molecule has 4 nitrogen and oxygen atoms in total. The zero-order chi connectivity index (χ0) is 11.6. The van der Waals surface area contributed by atoms with Crippen LogP contribution in [0.4, 0.5) is 0 Å². The molecule has 2 heterocycles. The van der Waals surface area contributed by atoms with Gasteiger partial charge in [-0.15, -0.1) is 0 Å². The number of likely N-dealkylation sites (N-methyl/N-ethyl adjacent to an activating group) is 1. The van der Waals surface area contributed by atoms with Crippen LogP contribution in [0.5, 0.6) is 0 Å². The average Bonchev–Trinajstić information content (AvgIpc) is 2.89. The van der Waals surface area contributed by atoms with Gasteiger partial charge in [0.05, 0.1) is 11.6 Å². The molecule has 2 fully saturated rings.